The molecule has 0 atom stereocenters. The van der Waals surface area contributed by atoms with E-state index in [2.05, 4.69) is 21.2 Å². The van der Waals surface area contributed by atoms with Gasteiger partial charge in [-0.25, -0.2) is 0 Å². The van der Waals surface area contributed by atoms with E-state index in [-0.39, 0.29) is 12.5 Å². The maximum atomic E-state index is 12.0. The number of benzene rings is 2. The number of rotatable bonds is 6. The molecule has 2 aromatic rings. The standard InChI is InChI=1S/C17H18BrNO4/c1-11-6-12(18)4-5-16(11)19-17(20)10-23-15-8-13(21-2)7-14(9-15)22-3/h4-9H,10H2,1-3H3,(H,19,20). The molecule has 0 fully saturated rings. The SMILES string of the molecule is COc1cc(OC)cc(OCC(=O)Nc2ccc(Br)cc2C)c1. The zero-order chi connectivity index (χ0) is 16.8. The van der Waals surface area contributed by atoms with Crippen molar-refractivity contribution in [1.29, 1.82) is 0 Å². The fourth-order valence-corrected chi connectivity index (χ4v) is 2.44. The number of hydrogen-bond donors (Lipinski definition) is 1. The molecule has 122 valence electrons. The molecule has 2 aromatic carbocycles. The van der Waals surface area contributed by atoms with Crippen LogP contribution in [0.25, 0.3) is 0 Å². The van der Waals surface area contributed by atoms with Crippen LogP contribution in [-0.2, 0) is 4.79 Å². The third-order valence-corrected chi connectivity index (χ3v) is 3.65. The van der Waals surface area contributed by atoms with Crippen LogP contribution in [0.2, 0.25) is 0 Å². The second-order valence-corrected chi connectivity index (χ2v) is 5.76. The van der Waals surface area contributed by atoms with Gasteiger partial charge in [0.1, 0.15) is 17.2 Å². The molecule has 0 spiro atoms. The fraction of sp³-hybridized carbons (Fsp3) is 0.235. The molecule has 0 radical (unpaired) electrons. The molecule has 0 aliphatic rings. The predicted octanol–water partition coefficient (Wildman–Crippen LogP) is 3.79. The summed E-state index contributed by atoms with van der Waals surface area (Å²) in [5, 5.41) is 2.82. The molecule has 5 nitrogen and oxygen atoms in total. The lowest BCUT2D eigenvalue weighted by atomic mass is 10.2. The molecule has 0 bridgehead atoms. The first kappa shape index (κ1) is 17.1. The number of halogens is 1. The highest BCUT2D eigenvalue weighted by atomic mass is 79.9. The number of nitrogens with one attached hydrogen (secondary N) is 1. The molecule has 0 aliphatic carbocycles. The zero-order valence-corrected chi connectivity index (χ0v) is 14.8. The third-order valence-electron chi connectivity index (χ3n) is 3.16. The van der Waals surface area contributed by atoms with Crippen LogP contribution in [0.3, 0.4) is 0 Å². The largest absolute Gasteiger partial charge is 0.496 e. The normalized spacial score (nSPS) is 10.1. The summed E-state index contributed by atoms with van der Waals surface area (Å²) in [6, 6.07) is 10.8. The van der Waals surface area contributed by atoms with Gasteiger partial charge in [0.25, 0.3) is 5.91 Å². The van der Waals surface area contributed by atoms with Crippen molar-refractivity contribution in [1.82, 2.24) is 0 Å². The Hall–Kier alpha value is -2.21. The molecule has 0 saturated carbocycles. The minimum Gasteiger partial charge on any atom is -0.496 e. The highest BCUT2D eigenvalue weighted by Crippen LogP contribution is 2.27. The first-order chi connectivity index (χ1) is 11.0. The molecule has 0 heterocycles. The smallest absolute Gasteiger partial charge is 0.262 e. The van der Waals surface area contributed by atoms with E-state index in [0.717, 1.165) is 15.7 Å². The Morgan fingerprint density at radius 3 is 2.22 bits per heavy atom. The second kappa shape index (κ2) is 7.87. The van der Waals surface area contributed by atoms with Crippen molar-refractivity contribution in [2.24, 2.45) is 0 Å². The van der Waals surface area contributed by atoms with E-state index in [1.807, 2.05) is 25.1 Å². The lowest BCUT2D eigenvalue weighted by molar-refractivity contribution is -0.118. The van der Waals surface area contributed by atoms with Gasteiger partial charge in [0, 0.05) is 28.4 Å². The molecule has 1 N–H and O–H groups in total. The lowest BCUT2D eigenvalue weighted by Crippen LogP contribution is -2.20. The predicted molar refractivity (Wildman–Crippen MR) is 92.5 cm³/mol. The molecule has 0 unspecified atom stereocenters. The highest BCUT2D eigenvalue weighted by Gasteiger charge is 2.08. The van der Waals surface area contributed by atoms with Gasteiger partial charge in [0.2, 0.25) is 0 Å². The molecule has 6 heteroatoms. The number of carbonyl (C=O) groups excluding carboxylic acids is 1. The Balaban J connectivity index is 1.99. The van der Waals surface area contributed by atoms with Crippen molar-refractivity contribution in [3.8, 4) is 17.2 Å². The maximum Gasteiger partial charge on any atom is 0.262 e. The number of carbonyl (C=O) groups is 1. The van der Waals surface area contributed by atoms with Gasteiger partial charge in [-0.2, -0.15) is 0 Å². The van der Waals surface area contributed by atoms with E-state index in [0.29, 0.717) is 17.2 Å². The monoisotopic (exact) mass is 379 g/mol. The fourth-order valence-electron chi connectivity index (χ4n) is 1.97. The molecular formula is C17H18BrNO4. The van der Waals surface area contributed by atoms with Crippen LogP contribution >= 0.6 is 15.9 Å². The molecule has 0 saturated heterocycles. The van der Waals surface area contributed by atoms with Gasteiger partial charge in [0.05, 0.1) is 14.2 Å². The first-order valence-electron chi connectivity index (χ1n) is 6.93. The van der Waals surface area contributed by atoms with Gasteiger partial charge in [-0.3, -0.25) is 4.79 Å². The number of aryl methyl sites for hydroxylation is 1. The molecule has 0 aliphatic heterocycles. The van der Waals surface area contributed by atoms with E-state index in [1.165, 1.54) is 0 Å². The average molecular weight is 380 g/mol. The first-order valence-corrected chi connectivity index (χ1v) is 7.73. The number of methoxy groups -OCH3 is 2. The lowest BCUT2D eigenvalue weighted by Gasteiger charge is -2.11. The summed E-state index contributed by atoms with van der Waals surface area (Å²) in [6.07, 6.45) is 0. The van der Waals surface area contributed by atoms with Gasteiger partial charge in [-0.1, -0.05) is 15.9 Å². The van der Waals surface area contributed by atoms with E-state index in [9.17, 15) is 4.79 Å². The molecule has 1 amide bonds. The Labute approximate surface area is 143 Å². The van der Waals surface area contributed by atoms with Gasteiger partial charge < -0.3 is 19.5 Å². The van der Waals surface area contributed by atoms with E-state index in [4.69, 9.17) is 14.2 Å². The van der Waals surface area contributed by atoms with Gasteiger partial charge in [-0.15, -0.1) is 0 Å². The van der Waals surface area contributed by atoms with E-state index < -0.39 is 0 Å². The van der Waals surface area contributed by atoms with Crippen LogP contribution in [0.5, 0.6) is 17.2 Å². The van der Waals surface area contributed by atoms with Crippen LogP contribution in [0, 0.1) is 6.92 Å². The maximum absolute atomic E-state index is 12.0. The van der Waals surface area contributed by atoms with Gasteiger partial charge >= 0.3 is 0 Å². The van der Waals surface area contributed by atoms with Crippen LogP contribution in [0.15, 0.2) is 40.9 Å². The highest BCUT2D eigenvalue weighted by molar-refractivity contribution is 9.10. The topological polar surface area (TPSA) is 56.8 Å². The summed E-state index contributed by atoms with van der Waals surface area (Å²) in [5.74, 6) is 1.47. The van der Waals surface area contributed by atoms with Crippen LogP contribution in [-0.4, -0.2) is 26.7 Å². The Bertz CT molecular complexity index is 681. The summed E-state index contributed by atoms with van der Waals surface area (Å²) in [5.41, 5.74) is 1.72. The molecular weight excluding hydrogens is 362 g/mol. The summed E-state index contributed by atoms with van der Waals surface area (Å²) in [7, 11) is 3.11. The zero-order valence-electron chi connectivity index (χ0n) is 13.2. The second-order valence-electron chi connectivity index (χ2n) is 4.84. The minimum absolute atomic E-state index is 0.105. The van der Waals surface area contributed by atoms with E-state index in [1.54, 1.807) is 32.4 Å². The van der Waals surface area contributed by atoms with Gasteiger partial charge in [-0.05, 0) is 30.7 Å². The molecule has 2 rings (SSSR count). The number of ether oxygens (including phenoxy) is 3. The van der Waals surface area contributed by atoms with Crippen molar-refractivity contribution in [3.63, 3.8) is 0 Å². The van der Waals surface area contributed by atoms with Crippen molar-refractivity contribution in [3.05, 3.63) is 46.4 Å². The Morgan fingerprint density at radius 2 is 1.65 bits per heavy atom. The number of hydrogen-bond acceptors (Lipinski definition) is 4. The van der Waals surface area contributed by atoms with Crippen molar-refractivity contribution >= 4 is 27.5 Å². The van der Waals surface area contributed by atoms with Crippen molar-refractivity contribution in [2.45, 2.75) is 6.92 Å². The molecule has 23 heavy (non-hydrogen) atoms. The van der Waals surface area contributed by atoms with E-state index >= 15 is 0 Å². The summed E-state index contributed by atoms with van der Waals surface area (Å²) in [6.45, 7) is 1.82. The molecule has 0 aromatic heterocycles. The summed E-state index contributed by atoms with van der Waals surface area (Å²) >= 11 is 3.39. The van der Waals surface area contributed by atoms with Gasteiger partial charge in [0.15, 0.2) is 6.61 Å². The van der Waals surface area contributed by atoms with Crippen LogP contribution in [0.1, 0.15) is 5.56 Å². The van der Waals surface area contributed by atoms with Crippen LogP contribution < -0.4 is 19.5 Å². The summed E-state index contributed by atoms with van der Waals surface area (Å²) in [4.78, 5) is 12.0. The summed E-state index contributed by atoms with van der Waals surface area (Å²) < 4.78 is 16.8. The third kappa shape index (κ3) is 4.89. The minimum atomic E-state index is -0.239. The van der Waals surface area contributed by atoms with Crippen molar-refractivity contribution < 1.29 is 19.0 Å². The number of anilines is 1. The van der Waals surface area contributed by atoms with Crippen molar-refractivity contribution in [2.75, 3.05) is 26.1 Å². The Morgan fingerprint density at radius 1 is 1.04 bits per heavy atom. The van der Waals surface area contributed by atoms with Crippen LogP contribution in [0.4, 0.5) is 5.69 Å². The quantitative estimate of drug-likeness (QED) is 0.829. The Kier molecular flexibility index (Phi) is 5.87. The number of amides is 1. The average Bonchev–Trinajstić information content (AvgIpc) is 2.55.